The molecule has 0 aliphatic heterocycles. The molecule has 108 valence electrons. The van der Waals surface area contributed by atoms with Crippen LogP contribution in [0.25, 0.3) is 11.4 Å². The van der Waals surface area contributed by atoms with Crippen LogP contribution < -0.4 is 4.74 Å². The van der Waals surface area contributed by atoms with Gasteiger partial charge in [0.15, 0.2) is 5.69 Å². The predicted octanol–water partition coefficient (Wildman–Crippen LogP) is 1.63. The highest BCUT2D eigenvalue weighted by Gasteiger charge is 2.14. The molecule has 0 aliphatic rings. The molecule has 0 unspecified atom stereocenters. The van der Waals surface area contributed by atoms with Gasteiger partial charge in [-0.15, -0.1) is 24.8 Å². The maximum atomic E-state index is 5.51. The second-order valence-electron chi connectivity index (χ2n) is 3.89. The van der Waals surface area contributed by atoms with Gasteiger partial charge in [-0.05, 0) is 30.8 Å². The average Bonchev–Trinajstić information content (AvgIpc) is 2.94. The van der Waals surface area contributed by atoms with Crippen molar-refractivity contribution in [2.75, 3.05) is 27.2 Å². The summed E-state index contributed by atoms with van der Waals surface area (Å²) in [5.74, 6) is 0.396. The van der Waals surface area contributed by atoms with Gasteiger partial charge in [0.1, 0.15) is 0 Å². The molecule has 0 aromatic carbocycles. The van der Waals surface area contributed by atoms with Gasteiger partial charge < -0.3 is 14.6 Å². The van der Waals surface area contributed by atoms with E-state index in [0.29, 0.717) is 18.2 Å². The Kier molecular flexibility index (Phi) is 8.13. The first kappa shape index (κ1) is 17.7. The van der Waals surface area contributed by atoms with Crippen molar-refractivity contribution in [2.45, 2.75) is 6.42 Å². The van der Waals surface area contributed by atoms with Crippen LogP contribution in [0, 0.1) is 0 Å². The Bertz CT molecular complexity index is 446. The molecule has 2 rings (SSSR count). The lowest BCUT2D eigenvalue weighted by molar-refractivity contribution is 0.242. The molecule has 7 nitrogen and oxygen atoms in total. The molecule has 9 heteroatoms. The standard InChI is InChI=1S/C10H15N5O2.2ClH/c1-15(2)4-3-5-16-10-9(13-17-14-10)8-6-11-7-12-8;;/h6-7H,3-5H2,1-2H3,(H,11,12);2*1H. The lowest BCUT2D eigenvalue weighted by Gasteiger charge is -2.08. The van der Waals surface area contributed by atoms with Gasteiger partial charge in [-0.3, -0.25) is 0 Å². The fourth-order valence-electron chi connectivity index (χ4n) is 1.37. The number of aromatic amines is 1. The molecular weight excluding hydrogens is 293 g/mol. The molecule has 0 fully saturated rings. The number of nitrogens with one attached hydrogen (secondary N) is 1. The van der Waals surface area contributed by atoms with E-state index in [2.05, 4.69) is 29.8 Å². The van der Waals surface area contributed by atoms with Crippen LogP contribution >= 0.6 is 24.8 Å². The molecule has 1 N–H and O–H groups in total. The number of aromatic nitrogens is 4. The number of hydrogen-bond acceptors (Lipinski definition) is 6. The van der Waals surface area contributed by atoms with Gasteiger partial charge in [0, 0.05) is 6.54 Å². The van der Waals surface area contributed by atoms with Crippen LogP contribution in [0.3, 0.4) is 0 Å². The third-order valence-corrected chi connectivity index (χ3v) is 2.20. The summed E-state index contributed by atoms with van der Waals surface area (Å²) in [6, 6.07) is 0. The summed E-state index contributed by atoms with van der Waals surface area (Å²) in [5.41, 5.74) is 1.28. The van der Waals surface area contributed by atoms with E-state index in [9.17, 15) is 0 Å². The molecule has 2 aromatic heterocycles. The van der Waals surface area contributed by atoms with Crippen LogP contribution in [0.2, 0.25) is 0 Å². The van der Waals surface area contributed by atoms with Gasteiger partial charge in [0.2, 0.25) is 0 Å². The molecule has 2 heterocycles. The van der Waals surface area contributed by atoms with Crippen molar-refractivity contribution in [3.05, 3.63) is 12.5 Å². The first-order valence-electron chi connectivity index (χ1n) is 5.36. The zero-order valence-electron chi connectivity index (χ0n) is 10.7. The van der Waals surface area contributed by atoms with E-state index >= 15 is 0 Å². The summed E-state index contributed by atoms with van der Waals surface area (Å²) in [5, 5.41) is 7.50. The Morgan fingerprint density at radius 2 is 2.11 bits per heavy atom. The van der Waals surface area contributed by atoms with Crippen LogP contribution in [-0.4, -0.2) is 52.4 Å². The SMILES string of the molecule is CN(C)CCCOc1nonc1-c1cnc[nH]1.Cl.Cl. The first-order chi connectivity index (χ1) is 8.27. The monoisotopic (exact) mass is 309 g/mol. The van der Waals surface area contributed by atoms with E-state index < -0.39 is 0 Å². The maximum absolute atomic E-state index is 5.51. The number of rotatable bonds is 6. The largest absolute Gasteiger partial charge is 0.474 e. The van der Waals surface area contributed by atoms with Crippen molar-refractivity contribution in [1.29, 1.82) is 0 Å². The van der Waals surface area contributed by atoms with Crippen molar-refractivity contribution >= 4 is 24.8 Å². The van der Waals surface area contributed by atoms with E-state index in [1.54, 1.807) is 12.5 Å². The third kappa shape index (κ3) is 5.06. The summed E-state index contributed by atoms with van der Waals surface area (Å²) < 4.78 is 10.2. The molecule has 0 radical (unpaired) electrons. The summed E-state index contributed by atoms with van der Waals surface area (Å²) in [7, 11) is 4.04. The Labute approximate surface area is 123 Å². The van der Waals surface area contributed by atoms with E-state index in [4.69, 9.17) is 4.74 Å². The Morgan fingerprint density at radius 1 is 1.32 bits per heavy atom. The molecule has 0 saturated heterocycles. The van der Waals surface area contributed by atoms with Crippen molar-refractivity contribution < 1.29 is 9.37 Å². The molecule has 0 saturated carbocycles. The van der Waals surface area contributed by atoms with E-state index in [-0.39, 0.29) is 24.8 Å². The predicted molar refractivity (Wildman–Crippen MR) is 75.0 cm³/mol. The second-order valence-corrected chi connectivity index (χ2v) is 3.89. The van der Waals surface area contributed by atoms with Crippen molar-refractivity contribution in [1.82, 2.24) is 25.2 Å². The highest BCUT2D eigenvalue weighted by Crippen LogP contribution is 2.23. The molecule has 0 bridgehead atoms. The smallest absolute Gasteiger partial charge is 0.285 e. The zero-order chi connectivity index (χ0) is 12.1. The second kappa shape index (κ2) is 8.73. The van der Waals surface area contributed by atoms with Crippen molar-refractivity contribution in [3.8, 4) is 17.3 Å². The number of imidazole rings is 1. The van der Waals surface area contributed by atoms with Crippen molar-refractivity contribution in [2.24, 2.45) is 0 Å². The number of ether oxygens (including phenoxy) is 1. The van der Waals surface area contributed by atoms with Crippen molar-refractivity contribution in [3.63, 3.8) is 0 Å². The van der Waals surface area contributed by atoms with Gasteiger partial charge in [-0.25, -0.2) is 9.61 Å². The fourth-order valence-corrected chi connectivity index (χ4v) is 1.37. The molecule has 19 heavy (non-hydrogen) atoms. The topological polar surface area (TPSA) is 80.1 Å². The Balaban J connectivity index is 0.00000162. The molecule has 0 aliphatic carbocycles. The Morgan fingerprint density at radius 3 is 2.74 bits per heavy atom. The summed E-state index contributed by atoms with van der Waals surface area (Å²) in [4.78, 5) is 8.94. The highest BCUT2D eigenvalue weighted by atomic mass is 35.5. The normalized spacial score (nSPS) is 9.84. The average molecular weight is 310 g/mol. The molecule has 0 spiro atoms. The zero-order valence-corrected chi connectivity index (χ0v) is 12.3. The first-order valence-corrected chi connectivity index (χ1v) is 5.36. The van der Waals surface area contributed by atoms with Gasteiger partial charge in [-0.2, -0.15) is 0 Å². The minimum atomic E-state index is 0. The molecule has 2 aromatic rings. The van der Waals surface area contributed by atoms with E-state index in [1.165, 1.54) is 0 Å². The minimum Gasteiger partial charge on any atom is -0.474 e. The number of halogens is 2. The molecule has 0 amide bonds. The number of nitrogens with zero attached hydrogens (tertiary/aromatic N) is 4. The third-order valence-electron chi connectivity index (χ3n) is 2.20. The number of H-pyrrole nitrogens is 1. The lowest BCUT2D eigenvalue weighted by Crippen LogP contribution is -2.15. The fraction of sp³-hybridized carbons (Fsp3) is 0.500. The summed E-state index contributed by atoms with van der Waals surface area (Å²) >= 11 is 0. The Hall–Kier alpha value is -1.31. The van der Waals surface area contributed by atoms with Gasteiger partial charge >= 0.3 is 0 Å². The van der Waals surface area contributed by atoms with Crippen LogP contribution in [0.5, 0.6) is 5.88 Å². The van der Waals surface area contributed by atoms with E-state index in [0.717, 1.165) is 18.7 Å². The van der Waals surface area contributed by atoms with Crippen LogP contribution in [0.4, 0.5) is 0 Å². The van der Waals surface area contributed by atoms with Crippen LogP contribution in [-0.2, 0) is 0 Å². The highest BCUT2D eigenvalue weighted by molar-refractivity contribution is 5.85. The quantitative estimate of drug-likeness (QED) is 0.817. The summed E-state index contributed by atoms with van der Waals surface area (Å²) in [6.07, 6.45) is 4.13. The molecular formula is C10H17Cl2N5O2. The minimum absolute atomic E-state index is 0. The van der Waals surface area contributed by atoms with Crippen LogP contribution in [0.15, 0.2) is 17.2 Å². The molecule has 0 atom stereocenters. The van der Waals surface area contributed by atoms with Gasteiger partial charge in [0.25, 0.3) is 5.88 Å². The van der Waals surface area contributed by atoms with Gasteiger partial charge in [-0.1, -0.05) is 0 Å². The number of hydrogen-bond donors (Lipinski definition) is 1. The van der Waals surface area contributed by atoms with E-state index in [1.807, 2.05) is 14.1 Å². The van der Waals surface area contributed by atoms with Crippen LogP contribution in [0.1, 0.15) is 6.42 Å². The van der Waals surface area contributed by atoms with Gasteiger partial charge in [0.05, 0.1) is 24.8 Å². The summed E-state index contributed by atoms with van der Waals surface area (Å²) in [6.45, 7) is 1.54. The lowest BCUT2D eigenvalue weighted by atomic mass is 10.3. The maximum Gasteiger partial charge on any atom is 0.285 e.